The number of benzene rings is 1. The Morgan fingerprint density at radius 1 is 1.11 bits per heavy atom. The average Bonchev–Trinajstić information content (AvgIpc) is 3.46. The van der Waals surface area contributed by atoms with Crippen molar-refractivity contribution in [2.75, 3.05) is 24.3 Å². The highest BCUT2D eigenvalue weighted by Gasteiger charge is 2.48. The predicted octanol–water partition coefficient (Wildman–Crippen LogP) is 3.28. The Hall–Kier alpha value is -2.63. The van der Waals surface area contributed by atoms with Gasteiger partial charge in [0.1, 0.15) is 5.82 Å². The van der Waals surface area contributed by atoms with Crippen molar-refractivity contribution < 1.29 is 4.79 Å². The van der Waals surface area contributed by atoms with Gasteiger partial charge in [0.25, 0.3) is 0 Å². The molecular formula is C21H25N5O. The minimum atomic E-state index is 0.106. The number of nitrogens with zero attached hydrogens (tertiary/aromatic N) is 4. The summed E-state index contributed by atoms with van der Waals surface area (Å²) in [6.45, 7) is 0. The number of nitrogens with one attached hydrogen (secondary N) is 1. The Morgan fingerprint density at radius 2 is 1.89 bits per heavy atom. The molecule has 1 aromatic heterocycles. The zero-order valence-corrected chi connectivity index (χ0v) is 15.9. The van der Waals surface area contributed by atoms with E-state index in [0.717, 1.165) is 54.9 Å². The van der Waals surface area contributed by atoms with E-state index in [4.69, 9.17) is 9.97 Å². The second kappa shape index (κ2) is 6.22. The third-order valence-corrected chi connectivity index (χ3v) is 5.90. The molecular weight excluding hydrogens is 338 g/mol. The van der Waals surface area contributed by atoms with Gasteiger partial charge in [0.15, 0.2) is 0 Å². The number of para-hydroxylation sites is 1. The SMILES string of the molecule is CN(C)c1nc2c(c(Nc3ccccc3)n1)[C@H]1CC[C@@H](C2)N1C(=O)C1CC1. The minimum absolute atomic E-state index is 0.106. The summed E-state index contributed by atoms with van der Waals surface area (Å²) in [5.41, 5.74) is 3.22. The van der Waals surface area contributed by atoms with Gasteiger partial charge >= 0.3 is 0 Å². The molecule has 3 heterocycles. The Balaban J connectivity index is 1.59. The lowest BCUT2D eigenvalue weighted by molar-refractivity contribution is -0.136. The number of hydrogen-bond donors (Lipinski definition) is 1. The van der Waals surface area contributed by atoms with Gasteiger partial charge in [-0.15, -0.1) is 0 Å². The van der Waals surface area contributed by atoms with Crippen molar-refractivity contribution in [3.05, 3.63) is 41.6 Å². The molecule has 2 bridgehead atoms. The highest BCUT2D eigenvalue weighted by Crippen LogP contribution is 2.48. The Kier molecular flexibility index (Phi) is 3.81. The van der Waals surface area contributed by atoms with Crippen LogP contribution >= 0.6 is 0 Å². The number of carbonyl (C=O) groups excluding carboxylic acids is 1. The number of rotatable bonds is 4. The lowest BCUT2D eigenvalue weighted by Gasteiger charge is -2.37. The van der Waals surface area contributed by atoms with Crippen molar-refractivity contribution in [3.63, 3.8) is 0 Å². The van der Waals surface area contributed by atoms with Crippen molar-refractivity contribution in [3.8, 4) is 0 Å². The zero-order valence-electron chi connectivity index (χ0n) is 15.9. The molecule has 27 heavy (non-hydrogen) atoms. The summed E-state index contributed by atoms with van der Waals surface area (Å²) in [5, 5.41) is 3.50. The molecule has 6 heteroatoms. The molecule has 140 valence electrons. The van der Waals surface area contributed by atoms with E-state index >= 15 is 0 Å². The lowest BCUT2D eigenvalue weighted by Crippen LogP contribution is -2.43. The van der Waals surface area contributed by atoms with Gasteiger partial charge in [0, 0.05) is 43.7 Å². The summed E-state index contributed by atoms with van der Waals surface area (Å²) >= 11 is 0. The van der Waals surface area contributed by atoms with Crippen LogP contribution in [-0.2, 0) is 11.2 Å². The predicted molar refractivity (Wildman–Crippen MR) is 105 cm³/mol. The van der Waals surface area contributed by atoms with E-state index in [-0.39, 0.29) is 12.0 Å². The third-order valence-electron chi connectivity index (χ3n) is 5.90. The summed E-state index contributed by atoms with van der Waals surface area (Å²) < 4.78 is 0. The largest absolute Gasteiger partial charge is 0.347 e. The molecule has 2 aliphatic heterocycles. The quantitative estimate of drug-likeness (QED) is 0.903. The van der Waals surface area contributed by atoms with Crippen molar-refractivity contribution in [2.45, 2.75) is 44.2 Å². The smallest absolute Gasteiger partial charge is 0.227 e. The van der Waals surface area contributed by atoms with Gasteiger partial charge in [0.2, 0.25) is 11.9 Å². The second-order valence-electron chi connectivity index (χ2n) is 8.09. The highest BCUT2D eigenvalue weighted by molar-refractivity contribution is 5.83. The van der Waals surface area contributed by atoms with Gasteiger partial charge in [-0.2, -0.15) is 4.98 Å². The summed E-state index contributed by atoms with van der Waals surface area (Å²) in [6, 6.07) is 10.5. The number of hydrogen-bond acceptors (Lipinski definition) is 5. The number of amides is 1. The van der Waals surface area contributed by atoms with Gasteiger partial charge in [-0.25, -0.2) is 4.98 Å². The van der Waals surface area contributed by atoms with Crippen LogP contribution in [0, 0.1) is 5.92 Å². The van der Waals surface area contributed by atoms with Crippen LogP contribution in [0.25, 0.3) is 0 Å². The summed E-state index contributed by atoms with van der Waals surface area (Å²) in [6.07, 6.45) is 4.99. The van der Waals surface area contributed by atoms with E-state index in [9.17, 15) is 4.79 Å². The average molecular weight is 363 g/mol. The fraction of sp³-hybridized carbons (Fsp3) is 0.476. The maximum absolute atomic E-state index is 12.9. The molecule has 1 amide bonds. The van der Waals surface area contributed by atoms with Crippen LogP contribution in [0.2, 0.25) is 0 Å². The Morgan fingerprint density at radius 3 is 2.59 bits per heavy atom. The number of anilines is 3. The fourth-order valence-electron chi connectivity index (χ4n) is 4.43. The second-order valence-corrected chi connectivity index (χ2v) is 8.09. The van der Waals surface area contributed by atoms with Crippen LogP contribution in [0.3, 0.4) is 0 Å². The van der Waals surface area contributed by atoms with Crippen LogP contribution in [0.4, 0.5) is 17.5 Å². The molecule has 1 aliphatic carbocycles. The zero-order chi connectivity index (χ0) is 18.5. The molecule has 1 saturated carbocycles. The van der Waals surface area contributed by atoms with E-state index in [0.29, 0.717) is 17.9 Å². The van der Waals surface area contributed by atoms with Crippen LogP contribution in [-0.4, -0.2) is 40.9 Å². The van der Waals surface area contributed by atoms with E-state index in [1.54, 1.807) is 0 Å². The van der Waals surface area contributed by atoms with Gasteiger partial charge < -0.3 is 15.1 Å². The van der Waals surface area contributed by atoms with Crippen LogP contribution in [0.1, 0.15) is 43.0 Å². The van der Waals surface area contributed by atoms with Gasteiger partial charge in [-0.05, 0) is 37.8 Å². The van der Waals surface area contributed by atoms with Gasteiger partial charge in [-0.1, -0.05) is 18.2 Å². The summed E-state index contributed by atoms with van der Waals surface area (Å²) in [5.74, 6) is 2.15. The van der Waals surface area contributed by atoms with Gasteiger partial charge in [-0.3, -0.25) is 4.79 Å². The first-order valence-electron chi connectivity index (χ1n) is 9.84. The van der Waals surface area contributed by atoms with Crippen LogP contribution in [0.15, 0.2) is 30.3 Å². The molecule has 0 unspecified atom stereocenters. The normalized spacial score (nSPS) is 23.1. The molecule has 1 aromatic carbocycles. The number of fused-ring (bicyclic) bond motifs is 4. The fourth-order valence-corrected chi connectivity index (χ4v) is 4.43. The topological polar surface area (TPSA) is 61.4 Å². The first-order chi connectivity index (χ1) is 13.1. The summed E-state index contributed by atoms with van der Waals surface area (Å²) in [7, 11) is 3.93. The lowest BCUT2D eigenvalue weighted by atomic mass is 9.97. The Labute approximate surface area is 159 Å². The Bertz CT molecular complexity index is 878. The van der Waals surface area contributed by atoms with Crippen molar-refractivity contribution in [2.24, 2.45) is 5.92 Å². The van der Waals surface area contributed by atoms with Crippen molar-refractivity contribution >= 4 is 23.4 Å². The molecule has 6 nitrogen and oxygen atoms in total. The molecule has 3 aliphatic rings. The highest BCUT2D eigenvalue weighted by atomic mass is 16.2. The molecule has 0 radical (unpaired) electrons. The first-order valence-corrected chi connectivity index (χ1v) is 9.84. The molecule has 5 rings (SSSR count). The maximum Gasteiger partial charge on any atom is 0.227 e. The van der Waals surface area contributed by atoms with E-state index in [1.807, 2.05) is 49.3 Å². The molecule has 1 N–H and O–H groups in total. The molecule has 1 saturated heterocycles. The molecule has 2 aromatic rings. The van der Waals surface area contributed by atoms with E-state index in [1.165, 1.54) is 0 Å². The standard InChI is InChI=1S/C21H25N5O/c1-25(2)21-23-16-12-15-10-11-17(26(15)20(27)13-8-9-13)18(16)19(24-21)22-14-6-4-3-5-7-14/h3-7,13,15,17H,8-12H2,1-2H3,(H,22,23,24)/t15-,17+/m0/s1. The van der Waals surface area contributed by atoms with Crippen LogP contribution < -0.4 is 10.2 Å². The number of carbonyl (C=O) groups is 1. The van der Waals surface area contributed by atoms with Crippen molar-refractivity contribution in [1.29, 1.82) is 0 Å². The maximum atomic E-state index is 12.9. The summed E-state index contributed by atoms with van der Waals surface area (Å²) in [4.78, 5) is 26.7. The molecule has 2 fully saturated rings. The molecule has 0 spiro atoms. The first kappa shape index (κ1) is 16.5. The third kappa shape index (κ3) is 2.83. The number of aromatic nitrogens is 2. The van der Waals surface area contributed by atoms with Crippen molar-refractivity contribution in [1.82, 2.24) is 14.9 Å². The van der Waals surface area contributed by atoms with E-state index < -0.39 is 0 Å². The van der Waals surface area contributed by atoms with Gasteiger partial charge in [0.05, 0.1) is 11.7 Å². The van der Waals surface area contributed by atoms with E-state index in [2.05, 4.69) is 10.2 Å². The molecule has 2 atom stereocenters. The van der Waals surface area contributed by atoms with Crippen LogP contribution in [0.5, 0.6) is 0 Å². The minimum Gasteiger partial charge on any atom is -0.347 e. The monoisotopic (exact) mass is 363 g/mol.